The molecule has 2 aromatic heterocycles. The molecule has 0 unspecified atom stereocenters. The van der Waals surface area contributed by atoms with Crippen molar-refractivity contribution in [2.24, 2.45) is 0 Å². The average Bonchev–Trinajstić information content (AvgIpc) is 2.29. The normalized spacial score (nSPS) is 9.93. The maximum absolute atomic E-state index is 11.1. The molecule has 0 bridgehead atoms. The van der Waals surface area contributed by atoms with Crippen LogP contribution in [0.1, 0.15) is 0 Å². The van der Waals surface area contributed by atoms with Crippen molar-refractivity contribution in [1.29, 1.82) is 0 Å². The summed E-state index contributed by atoms with van der Waals surface area (Å²) in [5, 5.41) is 0. The van der Waals surface area contributed by atoms with Gasteiger partial charge in [-0.1, -0.05) is 6.07 Å². The second kappa shape index (κ2) is 3.91. The molecule has 0 aliphatic rings. The van der Waals surface area contributed by atoms with E-state index in [1.165, 1.54) is 19.4 Å². The minimum Gasteiger partial charge on any atom is -0.481 e. The van der Waals surface area contributed by atoms with Gasteiger partial charge in [-0.05, 0) is 6.07 Å². The molecule has 0 amide bonds. The minimum absolute atomic E-state index is 0.204. The molecule has 0 spiro atoms. The molecule has 0 aromatic carbocycles. The molecule has 76 valence electrons. The molecule has 5 heteroatoms. The van der Waals surface area contributed by atoms with Crippen LogP contribution in [0.2, 0.25) is 0 Å². The van der Waals surface area contributed by atoms with Crippen LogP contribution >= 0.6 is 0 Å². The van der Waals surface area contributed by atoms with E-state index in [-0.39, 0.29) is 5.56 Å². The predicted octanol–water partition coefficient (Wildman–Crippen LogP) is 0.840. The van der Waals surface area contributed by atoms with E-state index in [1.807, 2.05) is 0 Å². The second-order valence-electron chi connectivity index (χ2n) is 2.85. The highest BCUT2D eigenvalue weighted by Gasteiger charge is 2.02. The van der Waals surface area contributed by atoms with Crippen LogP contribution in [0.15, 0.2) is 35.3 Å². The fourth-order valence-electron chi connectivity index (χ4n) is 1.16. The van der Waals surface area contributed by atoms with E-state index < -0.39 is 0 Å². The van der Waals surface area contributed by atoms with Gasteiger partial charge in [0.15, 0.2) is 5.82 Å². The molecule has 2 heterocycles. The van der Waals surface area contributed by atoms with Crippen LogP contribution in [0.3, 0.4) is 0 Å². The molecule has 2 rings (SSSR count). The fourth-order valence-corrected chi connectivity index (χ4v) is 1.16. The van der Waals surface area contributed by atoms with Crippen LogP contribution < -0.4 is 10.3 Å². The molecular formula is C10H9N3O2. The molecule has 0 atom stereocenters. The summed E-state index contributed by atoms with van der Waals surface area (Å²) in [6, 6.07) is 6.61. The summed E-state index contributed by atoms with van der Waals surface area (Å²) >= 11 is 0. The molecule has 0 saturated carbocycles. The van der Waals surface area contributed by atoms with Crippen LogP contribution in [-0.4, -0.2) is 22.1 Å². The first-order valence-corrected chi connectivity index (χ1v) is 4.36. The van der Waals surface area contributed by atoms with Gasteiger partial charge in [0.1, 0.15) is 5.69 Å². The Morgan fingerprint density at radius 3 is 2.93 bits per heavy atom. The molecule has 0 saturated heterocycles. The smallest absolute Gasteiger partial charge is 0.251 e. The lowest BCUT2D eigenvalue weighted by Gasteiger charge is -2.01. The zero-order valence-electron chi connectivity index (χ0n) is 8.10. The number of aromatic nitrogens is 3. The number of methoxy groups -OCH3 is 1. The van der Waals surface area contributed by atoms with Crippen molar-refractivity contribution >= 4 is 0 Å². The van der Waals surface area contributed by atoms with Crippen molar-refractivity contribution in [3.05, 3.63) is 40.8 Å². The van der Waals surface area contributed by atoms with Crippen LogP contribution in [0.25, 0.3) is 11.5 Å². The molecular weight excluding hydrogens is 194 g/mol. The standard InChI is InChI=1S/C10H9N3O2/c1-15-9-4-2-3-7(12-9)10-11-6-5-8(14)13-10/h2-6H,1H3,(H,11,13,14). The Kier molecular flexibility index (Phi) is 2.45. The molecule has 0 radical (unpaired) electrons. The van der Waals surface area contributed by atoms with E-state index >= 15 is 0 Å². The molecule has 1 N–H and O–H groups in total. The first kappa shape index (κ1) is 9.39. The summed E-state index contributed by atoms with van der Waals surface area (Å²) in [5.41, 5.74) is 0.372. The maximum Gasteiger partial charge on any atom is 0.251 e. The highest BCUT2D eigenvalue weighted by atomic mass is 16.5. The van der Waals surface area contributed by atoms with Gasteiger partial charge in [-0.15, -0.1) is 0 Å². The van der Waals surface area contributed by atoms with Gasteiger partial charge < -0.3 is 9.72 Å². The molecule has 2 aromatic rings. The number of pyridine rings is 1. The van der Waals surface area contributed by atoms with Crippen molar-refractivity contribution in [3.63, 3.8) is 0 Å². The van der Waals surface area contributed by atoms with Crippen LogP contribution in [0.4, 0.5) is 0 Å². The SMILES string of the molecule is COc1cccc(-c2nccc(=O)[nH]2)n1. The Morgan fingerprint density at radius 1 is 1.33 bits per heavy atom. The molecule has 0 fully saturated rings. The van der Waals surface area contributed by atoms with Gasteiger partial charge >= 0.3 is 0 Å². The zero-order valence-corrected chi connectivity index (χ0v) is 8.10. The summed E-state index contributed by atoms with van der Waals surface area (Å²) in [4.78, 5) is 21.8. The molecule has 0 aliphatic carbocycles. The maximum atomic E-state index is 11.1. The molecule has 5 nitrogen and oxygen atoms in total. The predicted molar refractivity (Wildman–Crippen MR) is 54.6 cm³/mol. The van der Waals surface area contributed by atoms with Crippen molar-refractivity contribution in [2.45, 2.75) is 0 Å². The van der Waals surface area contributed by atoms with E-state index in [2.05, 4.69) is 15.0 Å². The van der Waals surface area contributed by atoms with Gasteiger partial charge in [-0.2, -0.15) is 0 Å². The van der Waals surface area contributed by atoms with Crippen molar-refractivity contribution in [3.8, 4) is 17.4 Å². The summed E-state index contributed by atoms with van der Waals surface area (Å²) in [6.07, 6.45) is 1.44. The van der Waals surface area contributed by atoms with E-state index in [0.717, 1.165) is 0 Å². The van der Waals surface area contributed by atoms with E-state index in [1.54, 1.807) is 18.2 Å². The number of aromatic amines is 1. The number of nitrogens with zero attached hydrogens (tertiary/aromatic N) is 2. The van der Waals surface area contributed by atoms with E-state index in [9.17, 15) is 4.79 Å². The Hall–Kier alpha value is -2.17. The van der Waals surface area contributed by atoms with Crippen LogP contribution in [0, 0.1) is 0 Å². The van der Waals surface area contributed by atoms with Crippen LogP contribution in [0.5, 0.6) is 5.88 Å². The molecule has 15 heavy (non-hydrogen) atoms. The first-order chi connectivity index (χ1) is 7.29. The van der Waals surface area contributed by atoms with Gasteiger partial charge in [0.05, 0.1) is 7.11 Å². The lowest BCUT2D eigenvalue weighted by molar-refractivity contribution is 0.398. The van der Waals surface area contributed by atoms with Crippen molar-refractivity contribution in [1.82, 2.24) is 15.0 Å². The molecule has 0 aliphatic heterocycles. The third-order valence-electron chi connectivity index (χ3n) is 1.85. The summed E-state index contributed by atoms with van der Waals surface area (Å²) in [6.45, 7) is 0. The lowest BCUT2D eigenvalue weighted by atomic mass is 10.3. The number of ether oxygens (including phenoxy) is 1. The quantitative estimate of drug-likeness (QED) is 0.785. The lowest BCUT2D eigenvalue weighted by Crippen LogP contribution is -2.06. The topological polar surface area (TPSA) is 67.9 Å². The Bertz CT molecular complexity index is 522. The van der Waals surface area contributed by atoms with Gasteiger partial charge in [0.25, 0.3) is 5.56 Å². The van der Waals surface area contributed by atoms with Crippen molar-refractivity contribution < 1.29 is 4.74 Å². The Labute approximate surface area is 85.8 Å². The summed E-state index contributed by atoms with van der Waals surface area (Å²) < 4.78 is 4.98. The number of hydrogen-bond donors (Lipinski definition) is 1. The van der Waals surface area contributed by atoms with Gasteiger partial charge in [-0.3, -0.25) is 4.79 Å². The minimum atomic E-state index is -0.204. The van der Waals surface area contributed by atoms with Gasteiger partial charge in [0.2, 0.25) is 5.88 Å². The number of H-pyrrole nitrogens is 1. The number of nitrogens with one attached hydrogen (secondary N) is 1. The largest absolute Gasteiger partial charge is 0.481 e. The number of rotatable bonds is 2. The first-order valence-electron chi connectivity index (χ1n) is 4.36. The van der Waals surface area contributed by atoms with Crippen molar-refractivity contribution in [2.75, 3.05) is 7.11 Å². The highest BCUT2D eigenvalue weighted by molar-refractivity contribution is 5.49. The number of hydrogen-bond acceptors (Lipinski definition) is 4. The van der Waals surface area contributed by atoms with Crippen LogP contribution in [-0.2, 0) is 0 Å². The monoisotopic (exact) mass is 203 g/mol. The highest BCUT2D eigenvalue weighted by Crippen LogP contribution is 2.13. The Balaban J connectivity index is 2.49. The van der Waals surface area contributed by atoms with E-state index in [0.29, 0.717) is 17.4 Å². The average molecular weight is 203 g/mol. The Morgan fingerprint density at radius 2 is 2.20 bits per heavy atom. The summed E-state index contributed by atoms with van der Waals surface area (Å²) in [5.74, 6) is 0.917. The third-order valence-corrected chi connectivity index (χ3v) is 1.85. The second-order valence-corrected chi connectivity index (χ2v) is 2.85. The zero-order chi connectivity index (χ0) is 10.7. The van der Waals surface area contributed by atoms with Gasteiger partial charge in [-0.25, -0.2) is 9.97 Å². The fraction of sp³-hybridized carbons (Fsp3) is 0.100. The van der Waals surface area contributed by atoms with E-state index in [4.69, 9.17) is 4.74 Å². The van der Waals surface area contributed by atoms with Gasteiger partial charge in [0, 0.05) is 18.3 Å². The summed E-state index contributed by atoms with van der Waals surface area (Å²) in [7, 11) is 1.53. The third kappa shape index (κ3) is 2.01.